The Bertz CT molecular complexity index is 293. The lowest BCUT2D eigenvalue weighted by atomic mass is 10.2. The molecule has 0 atom stereocenters. The molecular weight excluding hydrogens is 206 g/mol. The highest BCUT2D eigenvalue weighted by Gasteiger charge is 2.01. The molecule has 1 aromatic heterocycles. The van der Waals surface area contributed by atoms with E-state index in [1.807, 2.05) is 30.5 Å². The molecule has 0 fully saturated rings. The molecule has 0 aliphatic heterocycles. The highest BCUT2D eigenvalue weighted by Crippen LogP contribution is 2.14. The van der Waals surface area contributed by atoms with Gasteiger partial charge in [0.1, 0.15) is 0 Å². The van der Waals surface area contributed by atoms with Crippen LogP contribution in [0.5, 0.6) is 0 Å². The van der Waals surface area contributed by atoms with Gasteiger partial charge in [-0.15, -0.1) is 23.7 Å². The van der Waals surface area contributed by atoms with Gasteiger partial charge in [0.2, 0.25) is 5.91 Å². The molecule has 13 heavy (non-hydrogen) atoms. The fraction of sp³-hybridized carbons (Fsp3) is 0.222. The van der Waals surface area contributed by atoms with Gasteiger partial charge < -0.3 is 5.73 Å². The number of amides is 1. The van der Waals surface area contributed by atoms with Crippen molar-refractivity contribution in [2.75, 3.05) is 0 Å². The van der Waals surface area contributed by atoms with E-state index in [1.165, 1.54) is 0 Å². The molecule has 2 nitrogen and oxygen atoms in total. The topological polar surface area (TPSA) is 43.1 Å². The van der Waals surface area contributed by atoms with Crippen LogP contribution in [0.15, 0.2) is 23.1 Å². The first-order valence-corrected chi connectivity index (χ1v) is 4.66. The quantitative estimate of drug-likeness (QED) is 0.777. The van der Waals surface area contributed by atoms with E-state index in [0.29, 0.717) is 12.0 Å². The summed E-state index contributed by atoms with van der Waals surface area (Å²) < 4.78 is 0. The summed E-state index contributed by atoms with van der Waals surface area (Å²) in [6.45, 7) is 1.92. The van der Waals surface area contributed by atoms with E-state index in [9.17, 15) is 4.79 Å². The molecule has 1 aromatic rings. The van der Waals surface area contributed by atoms with Gasteiger partial charge in [-0.25, -0.2) is 0 Å². The molecule has 0 bridgehead atoms. The molecule has 0 aliphatic carbocycles. The lowest BCUT2D eigenvalue weighted by Crippen LogP contribution is -2.12. The van der Waals surface area contributed by atoms with Crippen LogP contribution in [0.25, 0.3) is 6.08 Å². The van der Waals surface area contributed by atoms with Gasteiger partial charge in [0.05, 0.1) is 0 Å². The van der Waals surface area contributed by atoms with Gasteiger partial charge in [0.15, 0.2) is 0 Å². The Morgan fingerprint density at radius 1 is 1.69 bits per heavy atom. The Hall–Kier alpha value is -0.800. The second kappa shape index (κ2) is 5.78. The van der Waals surface area contributed by atoms with Crippen molar-refractivity contribution >= 4 is 35.7 Å². The van der Waals surface area contributed by atoms with Crippen molar-refractivity contribution in [3.8, 4) is 0 Å². The van der Waals surface area contributed by atoms with E-state index in [2.05, 4.69) is 0 Å². The van der Waals surface area contributed by atoms with Gasteiger partial charge in [-0.2, -0.15) is 0 Å². The van der Waals surface area contributed by atoms with Gasteiger partial charge in [0.25, 0.3) is 0 Å². The molecule has 0 aliphatic rings. The maximum atomic E-state index is 10.8. The zero-order valence-electron chi connectivity index (χ0n) is 7.32. The Morgan fingerprint density at radius 2 is 2.38 bits per heavy atom. The summed E-state index contributed by atoms with van der Waals surface area (Å²) in [5.41, 5.74) is 5.84. The lowest BCUT2D eigenvalue weighted by Gasteiger charge is -1.95. The third-order valence-electron chi connectivity index (χ3n) is 1.56. The maximum absolute atomic E-state index is 10.8. The molecule has 1 amide bonds. The second-order valence-electron chi connectivity index (χ2n) is 2.40. The molecular formula is C9H12ClNOS. The van der Waals surface area contributed by atoms with E-state index in [0.717, 1.165) is 4.88 Å². The van der Waals surface area contributed by atoms with Gasteiger partial charge in [-0.3, -0.25) is 4.79 Å². The van der Waals surface area contributed by atoms with Crippen LogP contribution in [0, 0.1) is 0 Å². The van der Waals surface area contributed by atoms with Crippen LogP contribution in [0.3, 0.4) is 0 Å². The van der Waals surface area contributed by atoms with Gasteiger partial charge in [-0.05, 0) is 23.9 Å². The SMILES string of the molecule is CC/C(=C\c1cccs1)C(N)=O.Cl. The Kier molecular flexibility index (Phi) is 5.42. The largest absolute Gasteiger partial charge is 0.366 e. The predicted octanol–water partition coefficient (Wildman–Crippen LogP) is 2.45. The number of hydrogen-bond acceptors (Lipinski definition) is 2. The standard InChI is InChI=1S/C9H11NOS.ClH/c1-2-7(9(10)11)6-8-4-3-5-12-8;/h3-6H,2H2,1H3,(H2,10,11);1H/b7-6+;. The number of hydrogen-bond donors (Lipinski definition) is 1. The number of carbonyl (C=O) groups excluding carboxylic acids is 1. The summed E-state index contributed by atoms with van der Waals surface area (Å²) in [7, 11) is 0. The van der Waals surface area contributed by atoms with Gasteiger partial charge >= 0.3 is 0 Å². The third-order valence-corrected chi connectivity index (χ3v) is 2.38. The number of carbonyl (C=O) groups is 1. The van der Waals surface area contributed by atoms with Gasteiger partial charge in [0, 0.05) is 10.5 Å². The van der Waals surface area contributed by atoms with Crippen molar-refractivity contribution in [3.05, 3.63) is 28.0 Å². The maximum Gasteiger partial charge on any atom is 0.244 e. The Labute approximate surface area is 87.9 Å². The molecule has 1 rings (SSSR count). The fourth-order valence-corrected chi connectivity index (χ4v) is 1.57. The first-order chi connectivity index (χ1) is 5.74. The number of primary amides is 1. The van der Waals surface area contributed by atoms with E-state index in [-0.39, 0.29) is 18.3 Å². The molecule has 0 saturated carbocycles. The zero-order chi connectivity index (χ0) is 8.97. The number of nitrogens with two attached hydrogens (primary N) is 1. The molecule has 2 N–H and O–H groups in total. The summed E-state index contributed by atoms with van der Waals surface area (Å²) in [5, 5.41) is 1.97. The van der Waals surface area contributed by atoms with Crippen molar-refractivity contribution in [1.82, 2.24) is 0 Å². The van der Waals surface area contributed by atoms with Crippen molar-refractivity contribution in [3.63, 3.8) is 0 Å². The molecule has 0 aromatic carbocycles. The van der Waals surface area contributed by atoms with Crippen LogP contribution >= 0.6 is 23.7 Å². The molecule has 0 saturated heterocycles. The van der Waals surface area contributed by atoms with Crippen LogP contribution in [0.4, 0.5) is 0 Å². The average molecular weight is 218 g/mol. The summed E-state index contributed by atoms with van der Waals surface area (Å²) in [5.74, 6) is -0.328. The minimum atomic E-state index is -0.328. The van der Waals surface area contributed by atoms with Crippen molar-refractivity contribution in [1.29, 1.82) is 0 Å². The second-order valence-corrected chi connectivity index (χ2v) is 3.38. The predicted molar refractivity (Wildman–Crippen MR) is 59.0 cm³/mol. The smallest absolute Gasteiger partial charge is 0.244 e. The summed E-state index contributed by atoms with van der Waals surface area (Å²) in [4.78, 5) is 11.9. The van der Waals surface area contributed by atoms with Crippen LogP contribution in [-0.2, 0) is 4.79 Å². The highest BCUT2D eigenvalue weighted by atomic mass is 35.5. The first-order valence-electron chi connectivity index (χ1n) is 3.78. The monoisotopic (exact) mass is 217 g/mol. The third kappa shape index (κ3) is 3.61. The lowest BCUT2D eigenvalue weighted by molar-refractivity contribution is -0.114. The summed E-state index contributed by atoms with van der Waals surface area (Å²) in [6, 6.07) is 3.91. The Balaban J connectivity index is 0.00000144. The van der Waals surface area contributed by atoms with E-state index < -0.39 is 0 Å². The minimum Gasteiger partial charge on any atom is -0.366 e. The number of rotatable bonds is 3. The van der Waals surface area contributed by atoms with Gasteiger partial charge in [-0.1, -0.05) is 13.0 Å². The molecule has 0 radical (unpaired) electrons. The minimum absolute atomic E-state index is 0. The fourth-order valence-electron chi connectivity index (χ4n) is 0.893. The normalized spacial score (nSPS) is 10.7. The van der Waals surface area contributed by atoms with Crippen molar-refractivity contribution in [2.45, 2.75) is 13.3 Å². The van der Waals surface area contributed by atoms with Crippen LogP contribution in [0.1, 0.15) is 18.2 Å². The van der Waals surface area contributed by atoms with Crippen molar-refractivity contribution < 1.29 is 4.79 Å². The van der Waals surface area contributed by atoms with E-state index in [4.69, 9.17) is 5.73 Å². The number of halogens is 1. The average Bonchev–Trinajstić information content (AvgIpc) is 2.51. The Morgan fingerprint density at radius 3 is 2.77 bits per heavy atom. The first kappa shape index (κ1) is 12.2. The highest BCUT2D eigenvalue weighted by molar-refractivity contribution is 7.10. The molecule has 1 heterocycles. The van der Waals surface area contributed by atoms with Crippen LogP contribution in [0.2, 0.25) is 0 Å². The molecule has 0 unspecified atom stereocenters. The molecule has 4 heteroatoms. The van der Waals surface area contributed by atoms with Crippen LogP contribution < -0.4 is 5.73 Å². The van der Waals surface area contributed by atoms with Crippen LogP contribution in [-0.4, -0.2) is 5.91 Å². The molecule has 72 valence electrons. The van der Waals surface area contributed by atoms with Crippen molar-refractivity contribution in [2.24, 2.45) is 5.73 Å². The zero-order valence-corrected chi connectivity index (χ0v) is 8.95. The van der Waals surface area contributed by atoms with E-state index in [1.54, 1.807) is 11.3 Å². The van der Waals surface area contributed by atoms with E-state index >= 15 is 0 Å². The number of thiophene rings is 1. The summed E-state index contributed by atoms with van der Waals surface area (Å²) in [6.07, 6.45) is 2.53. The summed E-state index contributed by atoms with van der Waals surface area (Å²) >= 11 is 1.60. The molecule has 0 spiro atoms.